The van der Waals surface area contributed by atoms with Crippen LogP contribution in [-0.2, 0) is 0 Å². The molecule has 1 aliphatic carbocycles. The molecule has 1 saturated carbocycles. The van der Waals surface area contributed by atoms with Gasteiger partial charge >= 0.3 is 0 Å². The fourth-order valence-corrected chi connectivity index (χ4v) is 1.78. The van der Waals surface area contributed by atoms with Crippen molar-refractivity contribution < 1.29 is 9.18 Å². The number of hydrogen-bond acceptors (Lipinski definition) is 1. The van der Waals surface area contributed by atoms with E-state index in [1.165, 1.54) is 30.7 Å². The van der Waals surface area contributed by atoms with Crippen molar-refractivity contribution in [1.82, 2.24) is 5.32 Å². The van der Waals surface area contributed by atoms with Crippen LogP contribution >= 0.6 is 0 Å². The van der Waals surface area contributed by atoms with Crippen LogP contribution in [0, 0.1) is 5.82 Å². The number of benzene rings is 1. The van der Waals surface area contributed by atoms with Crippen molar-refractivity contribution in [2.45, 2.75) is 31.7 Å². The molecule has 1 aliphatic rings. The maximum Gasteiger partial charge on any atom is 0.251 e. The van der Waals surface area contributed by atoms with Crippen LogP contribution in [0.5, 0.6) is 0 Å². The number of carbonyl (C=O) groups excluding carboxylic acids is 1. The topological polar surface area (TPSA) is 29.1 Å². The normalized spacial score (nSPS) is 18.0. The number of amides is 1. The molecule has 1 aromatic carbocycles. The molecular formula is C12H14FNO. The molecule has 1 aromatic rings. The lowest BCUT2D eigenvalue weighted by Crippen LogP contribution is -2.50. The Morgan fingerprint density at radius 2 is 1.93 bits per heavy atom. The van der Waals surface area contributed by atoms with Crippen LogP contribution in [0.1, 0.15) is 36.5 Å². The summed E-state index contributed by atoms with van der Waals surface area (Å²) in [7, 11) is 0. The van der Waals surface area contributed by atoms with Gasteiger partial charge in [0.25, 0.3) is 5.91 Å². The Morgan fingerprint density at radius 1 is 1.33 bits per heavy atom. The van der Waals surface area contributed by atoms with Crippen LogP contribution < -0.4 is 5.32 Å². The zero-order valence-corrected chi connectivity index (χ0v) is 8.72. The predicted octanol–water partition coefficient (Wildman–Crippen LogP) is 2.50. The lowest BCUT2D eigenvalue weighted by Gasteiger charge is -2.39. The lowest BCUT2D eigenvalue weighted by molar-refractivity contribution is 0.0850. The van der Waals surface area contributed by atoms with Crippen molar-refractivity contribution in [3.63, 3.8) is 0 Å². The van der Waals surface area contributed by atoms with Gasteiger partial charge in [0.1, 0.15) is 5.82 Å². The van der Waals surface area contributed by atoms with Crippen molar-refractivity contribution in [2.24, 2.45) is 0 Å². The monoisotopic (exact) mass is 207 g/mol. The van der Waals surface area contributed by atoms with E-state index in [0.717, 1.165) is 12.8 Å². The largest absolute Gasteiger partial charge is 0.347 e. The molecule has 0 heterocycles. The molecule has 0 aromatic heterocycles. The Hall–Kier alpha value is -1.38. The summed E-state index contributed by atoms with van der Waals surface area (Å²) in [5.41, 5.74) is 0.468. The van der Waals surface area contributed by atoms with E-state index in [4.69, 9.17) is 0 Å². The summed E-state index contributed by atoms with van der Waals surface area (Å²) in [5, 5.41) is 2.97. The van der Waals surface area contributed by atoms with Gasteiger partial charge in [-0.05, 0) is 50.5 Å². The van der Waals surface area contributed by atoms with Crippen LogP contribution in [-0.4, -0.2) is 11.4 Å². The SMILES string of the molecule is CC1(NC(=O)c2ccc(F)cc2)CCC1. The van der Waals surface area contributed by atoms with Gasteiger partial charge in [0.15, 0.2) is 0 Å². The van der Waals surface area contributed by atoms with E-state index in [2.05, 4.69) is 5.32 Å². The lowest BCUT2D eigenvalue weighted by atomic mass is 9.78. The van der Waals surface area contributed by atoms with E-state index in [-0.39, 0.29) is 17.3 Å². The number of hydrogen-bond donors (Lipinski definition) is 1. The Morgan fingerprint density at radius 3 is 2.40 bits per heavy atom. The molecule has 0 atom stereocenters. The molecule has 3 heteroatoms. The first-order valence-corrected chi connectivity index (χ1v) is 5.17. The molecule has 15 heavy (non-hydrogen) atoms. The molecule has 2 nitrogen and oxygen atoms in total. The Bertz CT molecular complexity index is 368. The molecule has 0 saturated heterocycles. The second-order valence-corrected chi connectivity index (χ2v) is 4.38. The quantitative estimate of drug-likeness (QED) is 0.793. The number of carbonyl (C=O) groups is 1. The van der Waals surface area contributed by atoms with Crippen LogP contribution in [0.15, 0.2) is 24.3 Å². The number of nitrogens with one attached hydrogen (secondary N) is 1. The summed E-state index contributed by atoms with van der Waals surface area (Å²) in [5.74, 6) is -0.432. The molecule has 0 unspecified atom stereocenters. The second-order valence-electron chi connectivity index (χ2n) is 4.38. The van der Waals surface area contributed by atoms with Gasteiger partial charge in [-0.1, -0.05) is 0 Å². The maximum atomic E-state index is 12.6. The van der Waals surface area contributed by atoms with Gasteiger partial charge in [0.2, 0.25) is 0 Å². The fourth-order valence-electron chi connectivity index (χ4n) is 1.78. The fraction of sp³-hybridized carbons (Fsp3) is 0.417. The van der Waals surface area contributed by atoms with E-state index in [9.17, 15) is 9.18 Å². The molecular weight excluding hydrogens is 193 g/mol. The molecule has 0 aliphatic heterocycles. The van der Waals surface area contributed by atoms with Crippen molar-refractivity contribution in [3.8, 4) is 0 Å². The standard InChI is InChI=1S/C12H14FNO/c1-12(7-2-8-12)14-11(15)9-3-5-10(13)6-4-9/h3-6H,2,7-8H2,1H3,(H,14,15). The van der Waals surface area contributed by atoms with Gasteiger partial charge in [-0.15, -0.1) is 0 Å². The minimum absolute atomic E-state index is 0.0501. The van der Waals surface area contributed by atoms with Gasteiger partial charge in [-0.3, -0.25) is 4.79 Å². The summed E-state index contributed by atoms with van der Waals surface area (Å²) < 4.78 is 12.6. The van der Waals surface area contributed by atoms with Gasteiger partial charge in [-0.2, -0.15) is 0 Å². The Labute approximate surface area is 88.5 Å². The summed E-state index contributed by atoms with van der Waals surface area (Å²) in [6.45, 7) is 2.04. The molecule has 1 amide bonds. The second kappa shape index (κ2) is 3.65. The molecule has 0 bridgehead atoms. The zero-order chi connectivity index (χ0) is 10.9. The Kier molecular flexibility index (Phi) is 2.47. The number of rotatable bonds is 2. The summed E-state index contributed by atoms with van der Waals surface area (Å²) in [6.07, 6.45) is 3.22. The first-order chi connectivity index (χ1) is 7.09. The van der Waals surface area contributed by atoms with Crippen LogP contribution in [0.3, 0.4) is 0 Å². The molecule has 0 radical (unpaired) electrons. The van der Waals surface area contributed by atoms with Crippen molar-refractivity contribution in [3.05, 3.63) is 35.6 Å². The highest BCUT2D eigenvalue weighted by Crippen LogP contribution is 2.31. The summed E-state index contributed by atoms with van der Waals surface area (Å²) >= 11 is 0. The first kappa shape index (κ1) is 10.1. The number of halogens is 1. The van der Waals surface area contributed by atoms with Gasteiger partial charge in [-0.25, -0.2) is 4.39 Å². The van der Waals surface area contributed by atoms with Gasteiger partial charge in [0.05, 0.1) is 0 Å². The highest BCUT2D eigenvalue weighted by molar-refractivity contribution is 5.94. The zero-order valence-electron chi connectivity index (χ0n) is 8.72. The van der Waals surface area contributed by atoms with Gasteiger partial charge in [0, 0.05) is 11.1 Å². The predicted molar refractivity (Wildman–Crippen MR) is 56.1 cm³/mol. The highest BCUT2D eigenvalue weighted by Gasteiger charge is 2.33. The van der Waals surface area contributed by atoms with E-state index in [0.29, 0.717) is 5.56 Å². The van der Waals surface area contributed by atoms with Crippen molar-refractivity contribution in [1.29, 1.82) is 0 Å². The van der Waals surface area contributed by atoms with Crippen LogP contribution in [0.4, 0.5) is 4.39 Å². The summed E-state index contributed by atoms with van der Waals surface area (Å²) in [4.78, 5) is 11.7. The third-order valence-corrected chi connectivity index (χ3v) is 2.98. The first-order valence-electron chi connectivity index (χ1n) is 5.17. The minimum Gasteiger partial charge on any atom is -0.347 e. The van der Waals surface area contributed by atoms with E-state index >= 15 is 0 Å². The van der Waals surface area contributed by atoms with E-state index < -0.39 is 0 Å². The molecule has 0 spiro atoms. The van der Waals surface area contributed by atoms with Crippen molar-refractivity contribution in [2.75, 3.05) is 0 Å². The van der Waals surface area contributed by atoms with Crippen LogP contribution in [0.25, 0.3) is 0 Å². The van der Waals surface area contributed by atoms with Crippen molar-refractivity contribution >= 4 is 5.91 Å². The van der Waals surface area contributed by atoms with E-state index in [1.807, 2.05) is 6.92 Å². The molecule has 1 N–H and O–H groups in total. The highest BCUT2D eigenvalue weighted by atomic mass is 19.1. The average Bonchev–Trinajstić information content (AvgIpc) is 2.16. The molecule has 1 fully saturated rings. The van der Waals surface area contributed by atoms with E-state index in [1.54, 1.807) is 0 Å². The average molecular weight is 207 g/mol. The van der Waals surface area contributed by atoms with Crippen LogP contribution in [0.2, 0.25) is 0 Å². The smallest absolute Gasteiger partial charge is 0.251 e. The maximum absolute atomic E-state index is 12.6. The third-order valence-electron chi connectivity index (χ3n) is 2.98. The third kappa shape index (κ3) is 2.17. The minimum atomic E-state index is -0.318. The molecule has 80 valence electrons. The summed E-state index contributed by atoms with van der Waals surface area (Å²) in [6, 6.07) is 5.62. The molecule has 2 rings (SSSR count). The van der Waals surface area contributed by atoms with Gasteiger partial charge < -0.3 is 5.32 Å². The Balaban J connectivity index is 2.04.